The van der Waals surface area contributed by atoms with Crippen molar-refractivity contribution in [2.24, 2.45) is 16.7 Å². The van der Waals surface area contributed by atoms with Gasteiger partial charge in [-0.25, -0.2) is 9.37 Å². The Morgan fingerprint density at radius 1 is 1.39 bits per heavy atom. The van der Waals surface area contributed by atoms with E-state index in [1.165, 1.54) is 0 Å². The van der Waals surface area contributed by atoms with Gasteiger partial charge in [0, 0.05) is 12.5 Å². The molecule has 0 spiro atoms. The zero-order chi connectivity index (χ0) is 17.0. The van der Waals surface area contributed by atoms with Crippen molar-refractivity contribution >= 4 is 15.9 Å². The third kappa shape index (κ3) is 2.43. The van der Waals surface area contributed by atoms with Crippen LogP contribution in [0.1, 0.15) is 33.1 Å². The number of fused-ring (bicyclic) bond motifs is 2. The van der Waals surface area contributed by atoms with E-state index in [4.69, 9.17) is 4.18 Å². The number of carbonyl (C=O) groups excluding carboxylic acids is 1. The summed E-state index contributed by atoms with van der Waals surface area (Å²) in [5, 5.41) is 0. The Labute approximate surface area is 133 Å². The van der Waals surface area contributed by atoms with Gasteiger partial charge >= 0.3 is 10.1 Å². The first-order valence-electron chi connectivity index (χ1n) is 7.34. The zero-order valence-electron chi connectivity index (χ0n) is 12.8. The lowest BCUT2D eigenvalue weighted by atomic mass is 9.70. The molecule has 126 valence electrons. The van der Waals surface area contributed by atoms with Crippen molar-refractivity contribution in [2.75, 3.05) is 5.75 Å². The van der Waals surface area contributed by atoms with Gasteiger partial charge in [-0.05, 0) is 24.2 Å². The molecule has 1 aromatic heterocycles. The zero-order valence-corrected chi connectivity index (χ0v) is 13.6. The van der Waals surface area contributed by atoms with E-state index in [2.05, 4.69) is 4.98 Å². The van der Waals surface area contributed by atoms with Crippen LogP contribution >= 0.6 is 0 Å². The molecule has 2 fully saturated rings. The van der Waals surface area contributed by atoms with Gasteiger partial charge in [-0.2, -0.15) is 12.8 Å². The van der Waals surface area contributed by atoms with E-state index in [0.717, 1.165) is 6.42 Å². The third-order valence-corrected chi connectivity index (χ3v) is 6.83. The predicted octanol–water partition coefficient (Wildman–Crippen LogP) is 2.46. The minimum atomic E-state index is -4.27. The van der Waals surface area contributed by atoms with Gasteiger partial charge in [0.05, 0.1) is 17.4 Å². The first kappa shape index (κ1) is 16.3. The van der Waals surface area contributed by atoms with Crippen LogP contribution in [-0.4, -0.2) is 24.9 Å². The van der Waals surface area contributed by atoms with Gasteiger partial charge in [0.25, 0.3) is 5.95 Å². The number of ketones is 1. The van der Waals surface area contributed by atoms with Crippen molar-refractivity contribution in [3.63, 3.8) is 0 Å². The number of rotatable bonds is 4. The van der Waals surface area contributed by atoms with Crippen LogP contribution in [0.3, 0.4) is 0 Å². The summed E-state index contributed by atoms with van der Waals surface area (Å²) in [6.07, 6.45) is 2.23. The van der Waals surface area contributed by atoms with E-state index < -0.39 is 44.2 Å². The maximum Gasteiger partial charge on any atom is 0.310 e. The molecule has 0 aromatic carbocycles. The van der Waals surface area contributed by atoms with Crippen LogP contribution in [0.25, 0.3) is 0 Å². The molecule has 2 aliphatic rings. The van der Waals surface area contributed by atoms with Gasteiger partial charge in [-0.1, -0.05) is 13.8 Å². The molecule has 1 heterocycles. The first-order valence-corrected chi connectivity index (χ1v) is 8.92. The smallest absolute Gasteiger partial charge is 0.310 e. The highest BCUT2D eigenvalue weighted by Crippen LogP contribution is 2.64. The molecule has 1 aromatic rings. The molecule has 0 unspecified atom stereocenters. The molecule has 0 amide bonds. The molecule has 8 heteroatoms. The largest absolute Gasteiger partial charge is 0.377 e. The molecule has 0 aliphatic heterocycles. The van der Waals surface area contributed by atoms with E-state index in [1.54, 1.807) is 0 Å². The van der Waals surface area contributed by atoms with Crippen LogP contribution in [0.5, 0.6) is 5.75 Å². The van der Waals surface area contributed by atoms with Crippen molar-refractivity contribution in [3.05, 3.63) is 24.0 Å². The number of aromatic nitrogens is 1. The molecule has 0 N–H and O–H groups in total. The second-order valence-corrected chi connectivity index (χ2v) is 8.47. The van der Waals surface area contributed by atoms with E-state index >= 15 is 0 Å². The van der Waals surface area contributed by atoms with E-state index in [9.17, 15) is 22.0 Å². The Hall–Kier alpha value is -1.57. The summed E-state index contributed by atoms with van der Waals surface area (Å²) < 4.78 is 56.0. The Morgan fingerprint density at radius 2 is 2.09 bits per heavy atom. The molecule has 2 atom stereocenters. The number of hydrogen-bond acceptors (Lipinski definition) is 5. The lowest BCUT2D eigenvalue weighted by Gasteiger charge is -2.35. The quantitative estimate of drug-likeness (QED) is 0.619. The number of carbonyl (C=O) groups is 1. The molecule has 2 saturated carbocycles. The topological polar surface area (TPSA) is 73.3 Å². The molecule has 5 nitrogen and oxygen atoms in total. The van der Waals surface area contributed by atoms with Crippen molar-refractivity contribution in [3.8, 4) is 5.75 Å². The van der Waals surface area contributed by atoms with Gasteiger partial charge in [0.2, 0.25) is 0 Å². The van der Waals surface area contributed by atoms with E-state index in [-0.39, 0.29) is 11.7 Å². The Bertz CT molecular complexity index is 778. The highest BCUT2D eigenvalue weighted by atomic mass is 32.2. The maximum atomic E-state index is 13.5. The molecule has 0 radical (unpaired) electrons. The molecule has 2 aliphatic carbocycles. The fourth-order valence-corrected chi connectivity index (χ4v) is 5.77. The number of hydrogen-bond donors (Lipinski definition) is 0. The summed E-state index contributed by atoms with van der Waals surface area (Å²) in [7, 11) is -4.27. The number of Topliss-reactive ketones (excluding diaryl/α,β-unsaturated/α-hetero) is 1. The normalized spacial score (nSPS) is 29.0. The molecule has 0 saturated heterocycles. The Morgan fingerprint density at radius 3 is 2.65 bits per heavy atom. The summed E-state index contributed by atoms with van der Waals surface area (Å²) in [5.74, 6) is -3.39. The summed E-state index contributed by atoms with van der Waals surface area (Å²) in [4.78, 5) is 15.4. The summed E-state index contributed by atoms with van der Waals surface area (Å²) in [6.45, 7) is 3.77. The van der Waals surface area contributed by atoms with Crippen LogP contribution in [0.2, 0.25) is 0 Å². The summed E-state index contributed by atoms with van der Waals surface area (Å²) in [5.41, 5.74) is -1.48. The molecule has 3 rings (SSSR count). The standard InChI is InChI=1S/C15H17F2NO4S/c1-14(2)9-3-4-15(14,12(19)5-9)8-23(20,21)22-11-6-10(16)7-18-13(11)17/h6-7,9H,3-5,8H2,1-2H3/t9-,15-/m1/s1. The van der Waals surface area contributed by atoms with Gasteiger partial charge in [0.15, 0.2) is 5.75 Å². The van der Waals surface area contributed by atoms with Crippen LogP contribution in [-0.2, 0) is 14.9 Å². The number of nitrogens with zero attached hydrogens (tertiary/aromatic N) is 1. The summed E-state index contributed by atoms with van der Waals surface area (Å²) in [6, 6.07) is 0.622. The van der Waals surface area contributed by atoms with Gasteiger partial charge in [-0.15, -0.1) is 0 Å². The Balaban J connectivity index is 1.90. The second kappa shape index (κ2) is 4.96. The van der Waals surface area contributed by atoms with Crippen molar-refractivity contribution in [2.45, 2.75) is 33.1 Å². The third-order valence-electron chi connectivity index (χ3n) is 5.55. The fraction of sp³-hybridized carbons (Fsp3) is 0.600. The second-order valence-electron chi connectivity index (χ2n) is 6.89. The predicted molar refractivity (Wildman–Crippen MR) is 77.1 cm³/mol. The van der Waals surface area contributed by atoms with E-state index in [1.807, 2.05) is 13.8 Å². The van der Waals surface area contributed by atoms with Crippen molar-refractivity contribution in [1.82, 2.24) is 4.98 Å². The highest BCUT2D eigenvalue weighted by molar-refractivity contribution is 7.87. The monoisotopic (exact) mass is 345 g/mol. The minimum Gasteiger partial charge on any atom is -0.377 e. The highest BCUT2D eigenvalue weighted by Gasteiger charge is 2.65. The van der Waals surface area contributed by atoms with Crippen LogP contribution < -0.4 is 4.18 Å². The van der Waals surface area contributed by atoms with Gasteiger partial charge in [-0.3, -0.25) is 4.79 Å². The molecular formula is C15H17F2NO4S. The Kier molecular flexibility index (Phi) is 3.51. The average molecular weight is 345 g/mol. The van der Waals surface area contributed by atoms with Gasteiger partial charge in [0.1, 0.15) is 11.6 Å². The van der Waals surface area contributed by atoms with Crippen molar-refractivity contribution < 1.29 is 26.2 Å². The molecular weight excluding hydrogens is 328 g/mol. The lowest BCUT2D eigenvalue weighted by Crippen LogP contribution is -2.43. The van der Waals surface area contributed by atoms with Crippen LogP contribution in [0.15, 0.2) is 12.3 Å². The summed E-state index contributed by atoms with van der Waals surface area (Å²) >= 11 is 0. The van der Waals surface area contributed by atoms with Crippen LogP contribution in [0, 0.1) is 28.5 Å². The maximum absolute atomic E-state index is 13.5. The number of pyridine rings is 1. The fourth-order valence-electron chi connectivity index (χ4n) is 4.04. The van der Waals surface area contributed by atoms with E-state index in [0.29, 0.717) is 25.1 Å². The van der Waals surface area contributed by atoms with Crippen LogP contribution in [0.4, 0.5) is 8.78 Å². The minimum absolute atomic E-state index is 0.0937. The SMILES string of the molecule is CC1(C)[C@@H]2CC[C@@]1(CS(=O)(=O)Oc1cc(F)cnc1F)C(=O)C2. The molecule has 23 heavy (non-hydrogen) atoms. The average Bonchev–Trinajstić information content (AvgIpc) is 2.76. The molecule has 2 bridgehead atoms. The van der Waals surface area contributed by atoms with Gasteiger partial charge < -0.3 is 4.18 Å². The lowest BCUT2D eigenvalue weighted by molar-refractivity contribution is -0.128. The van der Waals surface area contributed by atoms with Crippen molar-refractivity contribution in [1.29, 1.82) is 0 Å². The number of halogens is 2. The first-order chi connectivity index (χ1) is 10.6.